The van der Waals surface area contributed by atoms with Gasteiger partial charge in [-0.05, 0) is 32.0 Å². The normalized spacial score (nSPS) is 19.3. The van der Waals surface area contributed by atoms with Crippen LogP contribution in [0.25, 0.3) is 0 Å². The SMILES string of the molecule is CCOc1ccc(C(=O)N2CCOC[C@H]2C)cc1N. The van der Waals surface area contributed by atoms with E-state index in [1.807, 2.05) is 18.7 Å². The molecule has 0 aliphatic carbocycles. The fourth-order valence-electron chi connectivity index (χ4n) is 2.16. The average molecular weight is 264 g/mol. The zero-order valence-corrected chi connectivity index (χ0v) is 11.4. The number of morpholine rings is 1. The maximum absolute atomic E-state index is 12.4. The first kappa shape index (κ1) is 13.7. The van der Waals surface area contributed by atoms with Crippen molar-refractivity contribution in [2.75, 3.05) is 32.1 Å². The van der Waals surface area contributed by atoms with Crippen molar-refractivity contribution in [1.82, 2.24) is 4.90 Å². The summed E-state index contributed by atoms with van der Waals surface area (Å²) in [5, 5.41) is 0. The molecular formula is C14H20N2O3. The van der Waals surface area contributed by atoms with E-state index in [0.717, 1.165) is 0 Å². The number of nitrogens with zero attached hydrogens (tertiary/aromatic N) is 1. The van der Waals surface area contributed by atoms with Crippen LogP contribution in [-0.2, 0) is 4.74 Å². The van der Waals surface area contributed by atoms with Crippen LogP contribution in [0.2, 0.25) is 0 Å². The van der Waals surface area contributed by atoms with Crippen LogP contribution in [0.4, 0.5) is 5.69 Å². The minimum Gasteiger partial charge on any atom is -0.492 e. The second-order valence-corrected chi connectivity index (χ2v) is 4.61. The van der Waals surface area contributed by atoms with Crippen LogP contribution in [0.3, 0.4) is 0 Å². The Kier molecular flexibility index (Phi) is 4.27. The van der Waals surface area contributed by atoms with E-state index in [1.54, 1.807) is 18.2 Å². The predicted octanol–water partition coefficient (Wildman–Crippen LogP) is 1.53. The average Bonchev–Trinajstić information content (AvgIpc) is 2.41. The smallest absolute Gasteiger partial charge is 0.254 e. The largest absolute Gasteiger partial charge is 0.492 e. The number of amides is 1. The number of carbonyl (C=O) groups is 1. The van der Waals surface area contributed by atoms with Gasteiger partial charge in [0.15, 0.2) is 0 Å². The highest BCUT2D eigenvalue weighted by Gasteiger charge is 2.25. The van der Waals surface area contributed by atoms with Gasteiger partial charge in [-0.2, -0.15) is 0 Å². The number of ether oxygens (including phenoxy) is 2. The Bertz CT molecular complexity index is 462. The summed E-state index contributed by atoms with van der Waals surface area (Å²) in [7, 11) is 0. The van der Waals surface area contributed by atoms with Gasteiger partial charge in [-0.1, -0.05) is 0 Å². The Labute approximate surface area is 113 Å². The van der Waals surface area contributed by atoms with Gasteiger partial charge >= 0.3 is 0 Å². The summed E-state index contributed by atoms with van der Waals surface area (Å²) in [6, 6.07) is 5.27. The van der Waals surface area contributed by atoms with Gasteiger partial charge in [-0.15, -0.1) is 0 Å². The molecule has 0 aromatic heterocycles. The number of anilines is 1. The lowest BCUT2D eigenvalue weighted by Crippen LogP contribution is -2.47. The summed E-state index contributed by atoms with van der Waals surface area (Å²) in [6.45, 7) is 6.22. The highest BCUT2D eigenvalue weighted by atomic mass is 16.5. The minimum atomic E-state index is -0.00875. The third-order valence-electron chi connectivity index (χ3n) is 3.19. The van der Waals surface area contributed by atoms with Crippen LogP contribution in [0.1, 0.15) is 24.2 Å². The Morgan fingerprint density at radius 3 is 3.00 bits per heavy atom. The molecule has 1 aromatic rings. The number of nitrogen functional groups attached to an aromatic ring is 1. The first-order valence-corrected chi connectivity index (χ1v) is 6.54. The molecule has 1 aliphatic rings. The van der Waals surface area contributed by atoms with Crippen LogP contribution < -0.4 is 10.5 Å². The molecular weight excluding hydrogens is 244 g/mol. The first-order chi connectivity index (χ1) is 9.13. The zero-order chi connectivity index (χ0) is 13.8. The fourth-order valence-corrected chi connectivity index (χ4v) is 2.16. The van der Waals surface area contributed by atoms with Crippen molar-refractivity contribution in [3.8, 4) is 5.75 Å². The molecule has 0 radical (unpaired) electrons. The maximum atomic E-state index is 12.4. The molecule has 1 aromatic carbocycles. The summed E-state index contributed by atoms with van der Waals surface area (Å²) in [5.41, 5.74) is 6.98. The zero-order valence-electron chi connectivity index (χ0n) is 11.4. The number of rotatable bonds is 3. The maximum Gasteiger partial charge on any atom is 0.254 e. The van der Waals surface area contributed by atoms with E-state index >= 15 is 0 Å². The molecule has 5 nitrogen and oxygen atoms in total. The quantitative estimate of drug-likeness (QED) is 0.841. The van der Waals surface area contributed by atoms with Crippen molar-refractivity contribution in [3.63, 3.8) is 0 Å². The lowest BCUT2D eigenvalue weighted by molar-refractivity contribution is 0.00359. The van der Waals surface area contributed by atoms with Gasteiger partial charge in [0.05, 0.1) is 31.5 Å². The molecule has 104 valence electrons. The molecule has 0 unspecified atom stereocenters. The van der Waals surface area contributed by atoms with Gasteiger partial charge < -0.3 is 20.1 Å². The predicted molar refractivity (Wildman–Crippen MR) is 73.3 cm³/mol. The minimum absolute atomic E-state index is 0.00875. The summed E-state index contributed by atoms with van der Waals surface area (Å²) in [6.07, 6.45) is 0. The second-order valence-electron chi connectivity index (χ2n) is 4.61. The molecule has 2 N–H and O–H groups in total. The van der Waals surface area contributed by atoms with Crippen molar-refractivity contribution in [2.24, 2.45) is 0 Å². The van der Waals surface area contributed by atoms with E-state index < -0.39 is 0 Å². The van der Waals surface area contributed by atoms with Crippen molar-refractivity contribution in [3.05, 3.63) is 23.8 Å². The van der Waals surface area contributed by atoms with E-state index in [0.29, 0.717) is 43.4 Å². The van der Waals surface area contributed by atoms with Crippen molar-refractivity contribution in [1.29, 1.82) is 0 Å². The number of nitrogens with two attached hydrogens (primary N) is 1. The third-order valence-corrected chi connectivity index (χ3v) is 3.19. The van der Waals surface area contributed by atoms with Gasteiger partial charge in [0.1, 0.15) is 5.75 Å². The van der Waals surface area contributed by atoms with E-state index in [-0.39, 0.29) is 11.9 Å². The van der Waals surface area contributed by atoms with E-state index in [9.17, 15) is 4.79 Å². The lowest BCUT2D eigenvalue weighted by atomic mass is 10.1. The monoisotopic (exact) mass is 264 g/mol. The van der Waals surface area contributed by atoms with Crippen LogP contribution in [0.15, 0.2) is 18.2 Å². The van der Waals surface area contributed by atoms with Crippen LogP contribution >= 0.6 is 0 Å². The highest BCUT2D eigenvalue weighted by Crippen LogP contribution is 2.24. The Hall–Kier alpha value is -1.75. The number of hydrogen-bond donors (Lipinski definition) is 1. The molecule has 2 rings (SSSR count). The van der Waals surface area contributed by atoms with Gasteiger partial charge in [-0.3, -0.25) is 4.79 Å². The number of hydrogen-bond acceptors (Lipinski definition) is 4. The Morgan fingerprint density at radius 1 is 1.58 bits per heavy atom. The molecule has 19 heavy (non-hydrogen) atoms. The summed E-state index contributed by atoms with van der Waals surface area (Å²) in [5.74, 6) is 0.611. The van der Waals surface area contributed by atoms with Gasteiger partial charge in [-0.25, -0.2) is 0 Å². The Balaban J connectivity index is 2.17. The van der Waals surface area contributed by atoms with Crippen LogP contribution in [0, 0.1) is 0 Å². The molecule has 1 saturated heterocycles. The molecule has 1 aliphatic heterocycles. The van der Waals surface area contributed by atoms with Crippen molar-refractivity contribution < 1.29 is 14.3 Å². The summed E-state index contributed by atoms with van der Waals surface area (Å²) >= 11 is 0. The van der Waals surface area contributed by atoms with Crippen LogP contribution in [0.5, 0.6) is 5.75 Å². The Morgan fingerprint density at radius 2 is 2.37 bits per heavy atom. The number of benzene rings is 1. The molecule has 5 heteroatoms. The van der Waals surface area contributed by atoms with Crippen molar-refractivity contribution >= 4 is 11.6 Å². The standard InChI is InChI=1S/C14H20N2O3/c1-3-19-13-5-4-11(8-12(13)15)14(17)16-6-7-18-9-10(16)2/h4-5,8,10H,3,6-7,9,15H2,1-2H3/t10-/m1/s1. The van der Waals surface area contributed by atoms with Gasteiger partial charge in [0.25, 0.3) is 5.91 Å². The molecule has 0 spiro atoms. The fraction of sp³-hybridized carbons (Fsp3) is 0.500. The molecule has 1 fully saturated rings. The molecule has 0 bridgehead atoms. The van der Waals surface area contributed by atoms with E-state index in [1.165, 1.54) is 0 Å². The molecule has 1 amide bonds. The summed E-state index contributed by atoms with van der Waals surface area (Å²) in [4.78, 5) is 14.2. The molecule has 1 atom stereocenters. The number of carbonyl (C=O) groups excluding carboxylic acids is 1. The van der Waals surface area contributed by atoms with E-state index in [4.69, 9.17) is 15.2 Å². The van der Waals surface area contributed by atoms with Crippen molar-refractivity contribution in [2.45, 2.75) is 19.9 Å². The van der Waals surface area contributed by atoms with E-state index in [2.05, 4.69) is 0 Å². The molecule has 1 heterocycles. The van der Waals surface area contributed by atoms with Gasteiger partial charge in [0, 0.05) is 12.1 Å². The third kappa shape index (κ3) is 2.98. The second kappa shape index (κ2) is 5.93. The summed E-state index contributed by atoms with van der Waals surface area (Å²) < 4.78 is 10.7. The lowest BCUT2D eigenvalue weighted by Gasteiger charge is -2.33. The topological polar surface area (TPSA) is 64.8 Å². The van der Waals surface area contributed by atoms with Gasteiger partial charge in [0.2, 0.25) is 0 Å². The first-order valence-electron chi connectivity index (χ1n) is 6.54. The van der Waals surface area contributed by atoms with Crippen LogP contribution in [-0.4, -0.2) is 43.2 Å². The molecule has 0 saturated carbocycles. The highest BCUT2D eigenvalue weighted by molar-refractivity contribution is 5.95.